The number of amides is 2. The molecule has 0 radical (unpaired) electrons. The summed E-state index contributed by atoms with van der Waals surface area (Å²) >= 11 is 1.48. The van der Waals surface area contributed by atoms with E-state index in [9.17, 15) is 9.59 Å². The maximum Gasteiger partial charge on any atom is 0.255 e. The summed E-state index contributed by atoms with van der Waals surface area (Å²) in [6.07, 6.45) is 5.38. The minimum Gasteiger partial charge on any atom is -0.357 e. The van der Waals surface area contributed by atoms with Crippen molar-refractivity contribution in [2.24, 2.45) is 0 Å². The van der Waals surface area contributed by atoms with Gasteiger partial charge in [-0.25, -0.2) is 4.98 Å². The number of aromatic nitrogens is 1. The van der Waals surface area contributed by atoms with Gasteiger partial charge in [0.2, 0.25) is 5.91 Å². The summed E-state index contributed by atoms with van der Waals surface area (Å²) in [6.45, 7) is 2.08. The Bertz CT molecular complexity index is 832. The van der Waals surface area contributed by atoms with E-state index in [1.54, 1.807) is 18.3 Å². The van der Waals surface area contributed by atoms with Crippen LogP contribution in [0.3, 0.4) is 0 Å². The van der Waals surface area contributed by atoms with Crippen LogP contribution in [0.1, 0.15) is 29.6 Å². The first-order valence-corrected chi connectivity index (χ1v) is 9.77. The van der Waals surface area contributed by atoms with E-state index in [2.05, 4.69) is 20.5 Å². The number of carbonyl (C=O) groups excluding carboxylic acids is 2. The number of nitrogens with zero attached hydrogens (tertiary/aromatic N) is 2. The molecular weight excluding hydrogens is 348 g/mol. The van der Waals surface area contributed by atoms with E-state index < -0.39 is 0 Å². The molecule has 6 nitrogen and oxygen atoms in total. The van der Waals surface area contributed by atoms with Crippen molar-refractivity contribution in [1.82, 2.24) is 4.98 Å². The summed E-state index contributed by atoms with van der Waals surface area (Å²) in [5.74, 6) is 1.10. The highest BCUT2D eigenvalue weighted by molar-refractivity contribution is 8.00. The number of anilines is 3. The van der Waals surface area contributed by atoms with Crippen molar-refractivity contribution in [3.05, 3.63) is 42.1 Å². The van der Waals surface area contributed by atoms with Gasteiger partial charge in [-0.2, -0.15) is 0 Å². The fourth-order valence-electron chi connectivity index (χ4n) is 3.20. The summed E-state index contributed by atoms with van der Waals surface area (Å²) in [5, 5.41) is 5.67. The third kappa shape index (κ3) is 3.67. The van der Waals surface area contributed by atoms with Crippen LogP contribution in [-0.4, -0.2) is 35.6 Å². The Morgan fingerprint density at radius 2 is 2.00 bits per heavy atom. The summed E-state index contributed by atoms with van der Waals surface area (Å²) < 4.78 is 0. The molecular formula is C19H20N4O2S. The SMILES string of the molecule is O=C1CSc2ccc(C(=O)Nc3ccc(N4CCCCC4)nc3)cc2N1. The lowest BCUT2D eigenvalue weighted by molar-refractivity contribution is -0.113. The number of rotatable bonds is 3. The van der Waals surface area contributed by atoms with Crippen molar-refractivity contribution in [1.29, 1.82) is 0 Å². The molecule has 1 fully saturated rings. The maximum atomic E-state index is 12.5. The van der Waals surface area contributed by atoms with Crippen LogP contribution in [0.25, 0.3) is 0 Å². The normalized spacial score (nSPS) is 16.6. The van der Waals surface area contributed by atoms with Gasteiger partial charge < -0.3 is 15.5 Å². The molecule has 7 heteroatoms. The van der Waals surface area contributed by atoms with E-state index in [-0.39, 0.29) is 11.8 Å². The number of carbonyl (C=O) groups is 2. The third-order valence-corrected chi connectivity index (χ3v) is 5.63. The molecule has 0 atom stereocenters. The number of benzene rings is 1. The molecule has 0 bridgehead atoms. The molecule has 0 aliphatic carbocycles. The number of nitrogens with one attached hydrogen (secondary N) is 2. The van der Waals surface area contributed by atoms with Crippen molar-refractivity contribution in [3.8, 4) is 0 Å². The molecule has 2 aliphatic heterocycles. The molecule has 134 valence electrons. The van der Waals surface area contributed by atoms with Crippen LogP contribution >= 0.6 is 11.8 Å². The zero-order valence-electron chi connectivity index (χ0n) is 14.3. The highest BCUT2D eigenvalue weighted by atomic mass is 32.2. The van der Waals surface area contributed by atoms with Gasteiger partial charge in [-0.05, 0) is 49.6 Å². The first kappa shape index (κ1) is 16.9. The van der Waals surface area contributed by atoms with Crippen LogP contribution in [0.2, 0.25) is 0 Å². The maximum absolute atomic E-state index is 12.5. The molecule has 26 heavy (non-hydrogen) atoms. The molecule has 0 unspecified atom stereocenters. The number of hydrogen-bond acceptors (Lipinski definition) is 5. The van der Waals surface area contributed by atoms with Gasteiger partial charge in [-0.15, -0.1) is 11.8 Å². The van der Waals surface area contributed by atoms with E-state index in [4.69, 9.17) is 0 Å². The molecule has 1 aromatic carbocycles. The largest absolute Gasteiger partial charge is 0.357 e. The summed E-state index contributed by atoms with van der Waals surface area (Å²) in [4.78, 5) is 31.8. The van der Waals surface area contributed by atoms with Gasteiger partial charge in [0.05, 0.1) is 23.3 Å². The van der Waals surface area contributed by atoms with Crippen molar-refractivity contribution in [2.45, 2.75) is 24.2 Å². The predicted octanol–water partition coefficient (Wildman–Crippen LogP) is 3.37. The number of piperidine rings is 1. The Morgan fingerprint density at radius 1 is 1.15 bits per heavy atom. The molecule has 2 aliphatic rings. The van der Waals surface area contributed by atoms with Gasteiger partial charge in [0.1, 0.15) is 5.82 Å². The standard InChI is InChI=1S/C19H20N4O2S/c24-18-12-26-16-6-4-13(10-15(16)22-18)19(25)21-14-5-7-17(20-11-14)23-8-2-1-3-9-23/h4-7,10-11H,1-3,8-9,12H2,(H,21,25)(H,22,24). The minimum atomic E-state index is -0.217. The predicted molar refractivity (Wildman–Crippen MR) is 104 cm³/mol. The van der Waals surface area contributed by atoms with E-state index >= 15 is 0 Å². The molecule has 2 aromatic rings. The quantitative estimate of drug-likeness (QED) is 0.869. The molecule has 2 N–H and O–H groups in total. The molecule has 4 rings (SSSR count). The van der Waals surface area contributed by atoms with Crippen molar-refractivity contribution >= 4 is 40.8 Å². The van der Waals surface area contributed by atoms with Crippen molar-refractivity contribution in [3.63, 3.8) is 0 Å². The summed E-state index contributed by atoms with van der Waals surface area (Å²) in [7, 11) is 0. The summed E-state index contributed by atoms with van der Waals surface area (Å²) in [5.41, 5.74) is 1.86. The molecule has 3 heterocycles. The lowest BCUT2D eigenvalue weighted by Crippen LogP contribution is -2.30. The first-order valence-electron chi connectivity index (χ1n) is 8.78. The molecule has 0 spiro atoms. The van der Waals surface area contributed by atoms with E-state index in [0.717, 1.165) is 23.8 Å². The van der Waals surface area contributed by atoms with Crippen LogP contribution in [-0.2, 0) is 4.79 Å². The van der Waals surface area contributed by atoms with Crippen LogP contribution in [0, 0.1) is 0 Å². The van der Waals surface area contributed by atoms with Crippen LogP contribution in [0.5, 0.6) is 0 Å². The van der Waals surface area contributed by atoms with Crippen LogP contribution in [0.15, 0.2) is 41.4 Å². The highest BCUT2D eigenvalue weighted by Crippen LogP contribution is 2.32. The fraction of sp³-hybridized carbons (Fsp3) is 0.316. The zero-order valence-corrected chi connectivity index (χ0v) is 15.1. The Balaban J connectivity index is 1.44. The Hall–Kier alpha value is -2.54. The number of fused-ring (bicyclic) bond motifs is 1. The van der Waals surface area contributed by atoms with Crippen molar-refractivity contribution < 1.29 is 9.59 Å². The molecule has 2 amide bonds. The van der Waals surface area contributed by atoms with Gasteiger partial charge in [0.25, 0.3) is 5.91 Å². The zero-order chi connectivity index (χ0) is 17.9. The van der Waals surface area contributed by atoms with E-state index in [1.165, 1.54) is 31.0 Å². The molecule has 1 saturated heterocycles. The van der Waals surface area contributed by atoms with Gasteiger partial charge >= 0.3 is 0 Å². The smallest absolute Gasteiger partial charge is 0.255 e. The van der Waals surface area contributed by atoms with Gasteiger partial charge in [0.15, 0.2) is 0 Å². The van der Waals surface area contributed by atoms with Crippen molar-refractivity contribution in [2.75, 3.05) is 34.4 Å². The lowest BCUT2D eigenvalue weighted by atomic mass is 10.1. The first-order chi connectivity index (χ1) is 12.7. The van der Waals surface area contributed by atoms with E-state index in [0.29, 0.717) is 22.7 Å². The second kappa shape index (κ2) is 7.37. The average Bonchev–Trinajstić information content (AvgIpc) is 2.68. The van der Waals surface area contributed by atoms with Crippen LogP contribution < -0.4 is 15.5 Å². The van der Waals surface area contributed by atoms with Gasteiger partial charge in [0, 0.05) is 23.5 Å². The number of pyridine rings is 1. The van der Waals surface area contributed by atoms with Crippen LogP contribution in [0.4, 0.5) is 17.2 Å². The second-order valence-corrected chi connectivity index (χ2v) is 7.47. The minimum absolute atomic E-state index is 0.0439. The van der Waals surface area contributed by atoms with Gasteiger partial charge in [-0.3, -0.25) is 9.59 Å². The lowest BCUT2D eigenvalue weighted by Gasteiger charge is -2.27. The Labute approximate surface area is 156 Å². The van der Waals surface area contributed by atoms with E-state index in [1.807, 2.05) is 18.2 Å². The Kier molecular flexibility index (Phi) is 4.79. The Morgan fingerprint density at radius 3 is 2.77 bits per heavy atom. The van der Waals surface area contributed by atoms with Gasteiger partial charge in [-0.1, -0.05) is 0 Å². The number of hydrogen-bond donors (Lipinski definition) is 2. The monoisotopic (exact) mass is 368 g/mol. The molecule has 1 aromatic heterocycles. The summed E-state index contributed by atoms with van der Waals surface area (Å²) in [6, 6.07) is 9.18. The average molecular weight is 368 g/mol. The highest BCUT2D eigenvalue weighted by Gasteiger charge is 2.17. The third-order valence-electron chi connectivity index (χ3n) is 4.56. The molecule has 0 saturated carbocycles. The second-order valence-electron chi connectivity index (χ2n) is 6.45. The topological polar surface area (TPSA) is 74.3 Å². The fourth-order valence-corrected chi connectivity index (χ4v) is 3.99. The number of thioether (sulfide) groups is 1.